The molecular weight excluding hydrogens is 310 g/mol. The summed E-state index contributed by atoms with van der Waals surface area (Å²) in [6.07, 6.45) is -0.281. The van der Waals surface area contributed by atoms with Crippen molar-refractivity contribution in [1.29, 1.82) is 0 Å². The maximum Gasteiger partial charge on any atom is 0.335 e. The molecule has 1 atom stereocenters. The second-order valence-electron chi connectivity index (χ2n) is 5.57. The van der Waals surface area contributed by atoms with Gasteiger partial charge in [0, 0.05) is 12.6 Å². The zero-order valence-corrected chi connectivity index (χ0v) is 13.1. The normalized spacial score (nSPS) is 15.6. The highest BCUT2D eigenvalue weighted by Crippen LogP contribution is 2.31. The van der Waals surface area contributed by atoms with Gasteiger partial charge in [-0.3, -0.25) is 4.79 Å². The van der Waals surface area contributed by atoms with E-state index in [1.807, 2.05) is 24.3 Å². The molecule has 0 aliphatic carbocycles. The van der Waals surface area contributed by atoms with Gasteiger partial charge in [0.15, 0.2) is 17.6 Å². The van der Waals surface area contributed by atoms with E-state index in [9.17, 15) is 9.59 Å². The van der Waals surface area contributed by atoms with Crippen LogP contribution in [0.15, 0.2) is 48.5 Å². The number of carboxylic acid groups (broad SMARTS) is 1. The lowest BCUT2D eigenvalue weighted by Gasteiger charge is -2.29. The molecule has 0 saturated carbocycles. The van der Waals surface area contributed by atoms with E-state index in [1.54, 1.807) is 19.2 Å². The molecule has 1 heterocycles. The largest absolute Gasteiger partial charge is 0.486 e. The van der Waals surface area contributed by atoms with E-state index in [-0.39, 0.29) is 17.6 Å². The predicted octanol–water partition coefficient (Wildman–Crippen LogP) is 2.30. The number of carbonyl (C=O) groups excluding carboxylic acids is 1. The van der Waals surface area contributed by atoms with Crippen LogP contribution in [-0.2, 0) is 0 Å². The van der Waals surface area contributed by atoms with Crippen molar-refractivity contribution < 1.29 is 24.2 Å². The van der Waals surface area contributed by atoms with E-state index in [4.69, 9.17) is 14.6 Å². The van der Waals surface area contributed by atoms with Gasteiger partial charge in [0.1, 0.15) is 6.61 Å². The van der Waals surface area contributed by atoms with Crippen LogP contribution in [-0.4, -0.2) is 48.2 Å². The van der Waals surface area contributed by atoms with Gasteiger partial charge in [0.25, 0.3) is 5.91 Å². The molecule has 6 nitrogen and oxygen atoms in total. The predicted molar refractivity (Wildman–Crippen MR) is 86.7 cm³/mol. The van der Waals surface area contributed by atoms with E-state index >= 15 is 0 Å². The fourth-order valence-corrected chi connectivity index (χ4v) is 2.55. The Hall–Kier alpha value is -3.02. The van der Waals surface area contributed by atoms with Crippen molar-refractivity contribution in [2.24, 2.45) is 0 Å². The van der Waals surface area contributed by atoms with Gasteiger partial charge in [0.05, 0.1) is 12.1 Å². The molecule has 2 aromatic rings. The summed E-state index contributed by atoms with van der Waals surface area (Å²) in [5, 5.41) is 9.02. The van der Waals surface area contributed by atoms with Crippen molar-refractivity contribution in [1.82, 2.24) is 4.90 Å². The van der Waals surface area contributed by atoms with Crippen LogP contribution in [0.5, 0.6) is 11.5 Å². The highest BCUT2D eigenvalue weighted by atomic mass is 16.6. The van der Waals surface area contributed by atoms with Gasteiger partial charge in [-0.15, -0.1) is 0 Å². The fourth-order valence-electron chi connectivity index (χ4n) is 2.55. The number of nitrogens with zero attached hydrogens (tertiary/aromatic N) is 1. The first kappa shape index (κ1) is 15.9. The van der Waals surface area contributed by atoms with Crippen LogP contribution in [0.25, 0.3) is 0 Å². The Labute approximate surface area is 139 Å². The molecule has 0 spiro atoms. The summed E-state index contributed by atoms with van der Waals surface area (Å²) in [5.41, 5.74) is 0.412. The topological polar surface area (TPSA) is 76.1 Å². The summed E-state index contributed by atoms with van der Waals surface area (Å²) in [4.78, 5) is 25.0. The Bertz CT molecular complexity index is 774. The van der Waals surface area contributed by atoms with Crippen molar-refractivity contribution >= 4 is 11.9 Å². The number of para-hydroxylation sites is 2. The highest BCUT2D eigenvalue weighted by molar-refractivity contribution is 5.97. The van der Waals surface area contributed by atoms with Gasteiger partial charge >= 0.3 is 5.97 Å². The molecule has 6 heteroatoms. The minimum atomic E-state index is -1.06. The van der Waals surface area contributed by atoms with E-state index in [2.05, 4.69) is 0 Å². The molecule has 2 aromatic carbocycles. The summed E-state index contributed by atoms with van der Waals surface area (Å²) in [6, 6.07) is 13.4. The highest BCUT2D eigenvalue weighted by Gasteiger charge is 2.24. The van der Waals surface area contributed by atoms with Gasteiger partial charge < -0.3 is 19.5 Å². The van der Waals surface area contributed by atoms with E-state index in [0.717, 1.165) is 0 Å². The maximum atomic E-state index is 12.5. The molecule has 0 saturated heterocycles. The first-order valence-corrected chi connectivity index (χ1v) is 7.52. The summed E-state index contributed by atoms with van der Waals surface area (Å²) >= 11 is 0. The number of hydrogen-bond acceptors (Lipinski definition) is 4. The lowest BCUT2D eigenvalue weighted by Crippen LogP contribution is -2.41. The second-order valence-corrected chi connectivity index (χ2v) is 5.57. The third-order valence-electron chi connectivity index (χ3n) is 3.75. The van der Waals surface area contributed by atoms with Crippen molar-refractivity contribution in [3.63, 3.8) is 0 Å². The van der Waals surface area contributed by atoms with Crippen molar-refractivity contribution in [2.45, 2.75) is 6.10 Å². The van der Waals surface area contributed by atoms with E-state index in [1.165, 1.54) is 17.0 Å². The zero-order valence-electron chi connectivity index (χ0n) is 13.1. The summed E-state index contributed by atoms with van der Waals surface area (Å²) in [5.74, 6) is 0.0212. The van der Waals surface area contributed by atoms with Crippen LogP contribution < -0.4 is 9.47 Å². The van der Waals surface area contributed by atoms with Crippen LogP contribution in [0.4, 0.5) is 0 Å². The SMILES string of the molecule is CN(C[C@H]1COc2ccccc2O1)C(=O)c1cccc(C(=O)O)c1. The molecule has 0 radical (unpaired) electrons. The smallest absolute Gasteiger partial charge is 0.335 e. The molecule has 0 unspecified atom stereocenters. The number of carboxylic acids is 1. The number of fused-ring (bicyclic) bond motifs is 1. The summed E-state index contributed by atoms with van der Waals surface area (Å²) in [6.45, 7) is 0.689. The van der Waals surface area contributed by atoms with Crippen LogP contribution in [0.3, 0.4) is 0 Å². The number of amides is 1. The van der Waals surface area contributed by atoms with Crippen LogP contribution in [0.2, 0.25) is 0 Å². The number of aromatic carboxylic acids is 1. The molecule has 1 N–H and O–H groups in total. The average Bonchev–Trinajstić information content (AvgIpc) is 2.61. The summed E-state index contributed by atoms with van der Waals surface area (Å²) < 4.78 is 11.5. The van der Waals surface area contributed by atoms with Gasteiger partial charge in [-0.2, -0.15) is 0 Å². The minimum absolute atomic E-state index is 0.0837. The van der Waals surface area contributed by atoms with E-state index < -0.39 is 5.97 Å². The van der Waals surface area contributed by atoms with Gasteiger partial charge in [0.2, 0.25) is 0 Å². The molecule has 0 fully saturated rings. The fraction of sp³-hybridized carbons (Fsp3) is 0.222. The monoisotopic (exact) mass is 327 g/mol. The molecule has 0 bridgehead atoms. The summed E-state index contributed by atoms with van der Waals surface area (Å²) in [7, 11) is 1.65. The number of hydrogen-bond donors (Lipinski definition) is 1. The molecule has 1 amide bonds. The Kier molecular flexibility index (Phi) is 4.37. The third kappa shape index (κ3) is 3.32. The lowest BCUT2D eigenvalue weighted by atomic mass is 10.1. The number of ether oxygens (including phenoxy) is 2. The minimum Gasteiger partial charge on any atom is -0.486 e. The zero-order chi connectivity index (χ0) is 17.1. The molecule has 0 aromatic heterocycles. The van der Waals surface area contributed by atoms with Gasteiger partial charge in [-0.25, -0.2) is 4.79 Å². The standard InChI is InChI=1S/C18H17NO5/c1-19(17(20)12-5-4-6-13(9-12)18(21)22)10-14-11-23-15-7-2-3-8-16(15)24-14/h2-9,14H,10-11H2,1H3,(H,21,22)/t14-/m0/s1. The molecule has 124 valence electrons. The van der Waals surface area contributed by atoms with Crippen LogP contribution in [0.1, 0.15) is 20.7 Å². The van der Waals surface area contributed by atoms with Gasteiger partial charge in [-0.05, 0) is 30.3 Å². The van der Waals surface area contributed by atoms with Crippen molar-refractivity contribution in [3.8, 4) is 11.5 Å². The Morgan fingerprint density at radius 3 is 2.58 bits per heavy atom. The second kappa shape index (κ2) is 6.62. The van der Waals surface area contributed by atoms with Crippen LogP contribution >= 0.6 is 0 Å². The molecule has 1 aliphatic rings. The molecule has 1 aliphatic heterocycles. The van der Waals surface area contributed by atoms with Gasteiger partial charge in [-0.1, -0.05) is 18.2 Å². The van der Waals surface area contributed by atoms with Crippen molar-refractivity contribution in [3.05, 3.63) is 59.7 Å². The quantitative estimate of drug-likeness (QED) is 0.932. The average molecular weight is 327 g/mol. The maximum absolute atomic E-state index is 12.5. The lowest BCUT2D eigenvalue weighted by molar-refractivity contribution is 0.0521. The number of rotatable bonds is 4. The van der Waals surface area contributed by atoms with Crippen molar-refractivity contribution in [2.75, 3.05) is 20.2 Å². The molecule has 24 heavy (non-hydrogen) atoms. The van der Waals surface area contributed by atoms with Crippen LogP contribution in [0, 0.1) is 0 Å². The Morgan fingerprint density at radius 2 is 1.83 bits per heavy atom. The number of benzene rings is 2. The third-order valence-corrected chi connectivity index (χ3v) is 3.75. The first-order chi connectivity index (χ1) is 11.5. The number of likely N-dealkylation sites (N-methyl/N-ethyl adjacent to an activating group) is 1. The van der Waals surface area contributed by atoms with E-state index in [0.29, 0.717) is 30.2 Å². The molecule has 3 rings (SSSR count). The first-order valence-electron chi connectivity index (χ1n) is 7.52. The Morgan fingerprint density at radius 1 is 1.12 bits per heavy atom. The Balaban J connectivity index is 1.67. The molecular formula is C18H17NO5. The number of carbonyl (C=O) groups is 2.